The van der Waals surface area contributed by atoms with E-state index in [1.165, 1.54) is 12.5 Å². The number of carbonyl (C=O) groups excluding carboxylic acids is 1. The second-order valence-electron chi connectivity index (χ2n) is 9.11. The van der Waals surface area contributed by atoms with Crippen LogP contribution in [0.25, 0.3) is 0 Å². The monoisotopic (exact) mass is 394 g/mol. The van der Waals surface area contributed by atoms with Gasteiger partial charge in [-0.3, -0.25) is 4.79 Å². The summed E-state index contributed by atoms with van der Waals surface area (Å²) in [5.74, 6) is -2.97. The number of carbonyl (C=O) groups is 1. The Bertz CT molecular complexity index is 794. The van der Waals surface area contributed by atoms with Gasteiger partial charge in [-0.25, -0.2) is 0 Å². The topological polar surface area (TPSA) is 130 Å². The predicted octanol–water partition coefficient (Wildman–Crippen LogP) is 0.493. The number of ether oxygens (including phenoxy) is 2. The summed E-state index contributed by atoms with van der Waals surface area (Å²) in [5, 5.41) is 44.3. The number of hydrogen-bond donors (Lipinski definition) is 4. The van der Waals surface area contributed by atoms with Crippen LogP contribution in [0.1, 0.15) is 44.3 Å². The van der Waals surface area contributed by atoms with Gasteiger partial charge in [-0.15, -0.1) is 0 Å². The molecule has 0 radical (unpaired) electrons. The zero-order chi connectivity index (χ0) is 19.9. The number of rotatable bonds is 3. The predicted molar refractivity (Wildman–Crippen MR) is 92.5 cm³/mol. The van der Waals surface area contributed by atoms with Gasteiger partial charge in [-0.05, 0) is 37.2 Å². The minimum absolute atomic E-state index is 0.0845. The molecule has 4 N–H and O–H groups in total. The van der Waals surface area contributed by atoms with Gasteiger partial charge in [-0.2, -0.15) is 0 Å². The Hall–Kier alpha value is -1.45. The highest BCUT2D eigenvalue weighted by Crippen LogP contribution is 2.73. The van der Waals surface area contributed by atoms with E-state index in [1.54, 1.807) is 6.07 Å². The molecule has 0 amide bonds. The molecule has 0 aromatic carbocycles. The summed E-state index contributed by atoms with van der Waals surface area (Å²) >= 11 is 0. The molecule has 28 heavy (non-hydrogen) atoms. The third-order valence-corrected chi connectivity index (χ3v) is 8.23. The average molecular weight is 394 g/mol. The Morgan fingerprint density at radius 1 is 1.29 bits per heavy atom. The van der Waals surface area contributed by atoms with Crippen LogP contribution in [0.3, 0.4) is 0 Å². The molecule has 1 spiro atoms. The van der Waals surface area contributed by atoms with Crippen molar-refractivity contribution in [2.24, 2.45) is 22.7 Å². The van der Waals surface area contributed by atoms with E-state index < -0.39 is 46.3 Å². The lowest BCUT2D eigenvalue weighted by molar-refractivity contribution is -0.354. The quantitative estimate of drug-likeness (QED) is 0.545. The van der Waals surface area contributed by atoms with Gasteiger partial charge in [0.1, 0.15) is 12.2 Å². The Morgan fingerprint density at radius 3 is 2.79 bits per heavy atom. The second kappa shape index (κ2) is 5.58. The van der Waals surface area contributed by atoms with Crippen molar-refractivity contribution in [3.05, 3.63) is 24.2 Å². The molecule has 8 heteroatoms. The van der Waals surface area contributed by atoms with Crippen molar-refractivity contribution in [2.45, 2.75) is 56.2 Å². The van der Waals surface area contributed by atoms with Crippen molar-refractivity contribution < 1.29 is 39.1 Å². The van der Waals surface area contributed by atoms with Crippen LogP contribution in [0.15, 0.2) is 23.0 Å². The van der Waals surface area contributed by atoms with E-state index in [0.29, 0.717) is 12.0 Å². The highest BCUT2D eigenvalue weighted by atomic mass is 16.7. The van der Waals surface area contributed by atoms with E-state index in [9.17, 15) is 25.2 Å². The summed E-state index contributed by atoms with van der Waals surface area (Å²) in [5.41, 5.74) is -3.59. The zero-order valence-corrected chi connectivity index (χ0v) is 15.7. The van der Waals surface area contributed by atoms with Gasteiger partial charge >= 0.3 is 5.97 Å². The molecule has 4 fully saturated rings. The van der Waals surface area contributed by atoms with Crippen molar-refractivity contribution in [1.82, 2.24) is 0 Å². The molecule has 2 bridgehead atoms. The minimum Gasteiger partial charge on any atom is -0.472 e. The lowest BCUT2D eigenvalue weighted by atomic mass is 9.40. The minimum atomic E-state index is -1.71. The fraction of sp³-hybridized carbons (Fsp3) is 0.750. The fourth-order valence-electron chi connectivity index (χ4n) is 6.81. The highest BCUT2D eigenvalue weighted by molar-refractivity contribution is 5.80. The first-order chi connectivity index (χ1) is 13.2. The zero-order valence-electron chi connectivity index (χ0n) is 15.7. The van der Waals surface area contributed by atoms with E-state index in [0.717, 1.165) is 0 Å². The maximum atomic E-state index is 13.2. The number of hydrogen-bond acceptors (Lipinski definition) is 8. The normalized spacial score (nSPS) is 50.8. The van der Waals surface area contributed by atoms with Crippen LogP contribution in [0.2, 0.25) is 0 Å². The van der Waals surface area contributed by atoms with Crippen molar-refractivity contribution in [3.63, 3.8) is 0 Å². The van der Waals surface area contributed by atoms with Crippen LogP contribution in [-0.2, 0) is 14.3 Å². The Balaban J connectivity index is 1.66. The van der Waals surface area contributed by atoms with Gasteiger partial charge in [0, 0.05) is 12.0 Å². The van der Waals surface area contributed by atoms with Crippen LogP contribution < -0.4 is 0 Å². The van der Waals surface area contributed by atoms with Crippen LogP contribution in [0.4, 0.5) is 0 Å². The van der Waals surface area contributed by atoms with E-state index in [-0.39, 0.29) is 38.4 Å². The third kappa shape index (κ3) is 1.86. The Morgan fingerprint density at radius 2 is 2.07 bits per heavy atom. The van der Waals surface area contributed by atoms with Gasteiger partial charge in [0.15, 0.2) is 5.79 Å². The average Bonchev–Trinajstić information content (AvgIpc) is 3.26. The van der Waals surface area contributed by atoms with E-state index in [4.69, 9.17) is 13.9 Å². The first-order valence-electron chi connectivity index (χ1n) is 9.85. The number of furan rings is 1. The maximum Gasteiger partial charge on any atom is 0.312 e. The molecule has 2 aliphatic carbocycles. The van der Waals surface area contributed by atoms with Crippen molar-refractivity contribution in [1.29, 1.82) is 0 Å². The van der Waals surface area contributed by atoms with E-state index >= 15 is 0 Å². The fourth-order valence-corrected chi connectivity index (χ4v) is 6.81. The first kappa shape index (κ1) is 18.6. The smallest absolute Gasteiger partial charge is 0.312 e. The molecular weight excluding hydrogens is 368 g/mol. The molecule has 2 aliphatic heterocycles. The van der Waals surface area contributed by atoms with E-state index in [1.807, 2.05) is 6.92 Å². The van der Waals surface area contributed by atoms with Crippen LogP contribution in [0, 0.1) is 22.7 Å². The lowest BCUT2D eigenvalue weighted by Crippen LogP contribution is -2.78. The molecule has 2 saturated carbocycles. The summed E-state index contributed by atoms with van der Waals surface area (Å²) in [7, 11) is 0. The maximum absolute atomic E-state index is 13.2. The van der Waals surface area contributed by atoms with Crippen molar-refractivity contribution in [3.8, 4) is 0 Å². The van der Waals surface area contributed by atoms with Crippen molar-refractivity contribution in [2.75, 3.05) is 13.2 Å². The summed E-state index contributed by atoms with van der Waals surface area (Å²) in [6.07, 6.45) is 1.76. The molecular formula is C20H26O8. The SMILES string of the molecule is C[C@@H]1C[C@@]2(O)OC[C@@]3(O)[C@@H](O)CC[C@@H]4[C@]1(CC(O)c1ccoc1)C(=O)OC[C@]423. The number of aliphatic hydroxyl groups is 4. The van der Waals surface area contributed by atoms with Gasteiger partial charge in [0.25, 0.3) is 0 Å². The van der Waals surface area contributed by atoms with Gasteiger partial charge < -0.3 is 34.3 Å². The van der Waals surface area contributed by atoms with Gasteiger partial charge in [-0.1, -0.05) is 6.92 Å². The molecule has 8 nitrogen and oxygen atoms in total. The summed E-state index contributed by atoms with van der Waals surface area (Å²) in [6, 6.07) is 1.65. The van der Waals surface area contributed by atoms with Crippen LogP contribution in [-0.4, -0.2) is 57.1 Å². The largest absolute Gasteiger partial charge is 0.472 e. The first-order valence-corrected chi connectivity index (χ1v) is 9.85. The highest BCUT2D eigenvalue weighted by Gasteiger charge is 2.84. The Labute approximate surface area is 162 Å². The van der Waals surface area contributed by atoms with E-state index in [2.05, 4.69) is 0 Å². The van der Waals surface area contributed by atoms with Gasteiger partial charge in [0.05, 0.1) is 42.2 Å². The molecule has 154 valence electrons. The van der Waals surface area contributed by atoms with Gasteiger partial charge in [0.2, 0.25) is 0 Å². The summed E-state index contributed by atoms with van der Waals surface area (Å²) < 4.78 is 16.4. The Kier molecular flexibility index (Phi) is 3.70. The van der Waals surface area contributed by atoms with Crippen LogP contribution >= 0.6 is 0 Å². The molecule has 1 aromatic rings. The second-order valence-corrected chi connectivity index (χ2v) is 9.11. The summed E-state index contributed by atoms with van der Waals surface area (Å²) in [4.78, 5) is 13.2. The molecule has 1 aromatic heterocycles. The molecule has 2 saturated heterocycles. The third-order valence-electron chi connectivity index (χ3n) is 8.23. The summed E-state index contributed by atoms with van der Waals surface area (Å²) in [6.45, 7) is 1.42. The lowest BCUT2D eigenvalue weighted by Gasteiger charge is -2.67. The molecule has 8 atom stereocenters. The number of esters is 1. The number of aliphatic hydroxyl groups excluding tert-OH is 2. The molecule has 3 heterocycles. The number of cyclic esters (lactones) is 1. The standard InChI is InChI=1S/C20H26O8/c1-11-6-20(25)18-9-27-16(23)17(11,7-13(21)12-4-5-26-8-12)14(18)2-3-15(22)19(18,24)10-28-20/h4-5,8,11,13-15,21-22,24-25H,2-3,6-7,9-10H2,1H3/t11-,13?,14-,15+,17-,18-,19-,20-/m1/s1. The van der Waals surface area contributed by atoms with Crippen molar-refractivity contribution >= 4 is 5.97 Å². The molecule has 5 rings (SSSR count). The van der Waals surface area contributed by atoms with Crippen LogP contribution in [0.5, 0.6) is 0 Å². The molecule has 1 unspecified atom stereocenters. The molecule has 4 aliphatic rings.